The van der Waals surface area contributed by atoms with Gasteiger partial charge in [-0.1, -0.05) is 13.8 Å². The Morgan fingerprint density at radius 3 is 2.58 bits per heavy atom. The highest BCUT2D eigenvalue weighted by Gasteiger charge is 2.11. The molecule has 2 N–H and O–H groups in total. The molecule has 0 aliphatic rings. The monoisotopic (exact) mass is 191 g/mol. The zero-order valence-electron chi connectivity index (χ0n) is 8.34. The summed E-state index contributed by atoms with van der Waals surface area (Å²) in [6.07, 6.45) is 0.705. The number of rotatable bonds is 7. The van der Waals surface area contributed by atoms with Crippen molar-refractivity contribution in [3.8, 4) is 0 Å². The molecule has 2 nitrogen and oxygen atoms in total. The topological polar surface area (TPSA) is 32.3 Å². The molecule has 12 heavy (non-hydrogen) atoms. The molecule has 0 aromatic rings. The number of thioether (sulfide) groups is 1. The van der Waals surface area contributed by atoms with Crippen LogP contribution in [0.3, 0.4) is 0 Å². The SMILES string of the molecule is CCNC(C)C(O)CCSCC. The number of aliphatic hydroxyl groups is 1. The summed E-state index contributed by atoms with van der Waals surface area (Å²) >= 11 is 1.88. The van der Waals surface area contributed by atoms with Gasteiger partial charge in [-0.25, -0.2) is 0 Å². The molecule has 0 saturated carbocycles. The quantitative estimate of drug-likeness (QED) is 0.598. The Morgan fingerprint density at radius 2 is 2.08 bits per heavy atom. The first-order valence-corrected chi connectivity index (χ1v) is 5.87. The van der Waals surface area contributed by atoms with E-state index < -0.39 is 0 Å². The van der Waals surface area contributed by atoms with Crippen molar-refractivity contribution < 1.29 is 5.11 Å². The van der Waals surface area contributed by atoms with Gasteiger partial charge in [0.25, 0.3) is 0 Å². The van der Waals surface area contributed by atoms with Crippen molar-refractivity contribution >= 4 is 11.8 Å². The van der Waals surface area contributed by atoms with Crippen molar-refractivity contribution in [1.82, 2.24) is 5.32 Å². The van der Waals surface area contributed by atoms with E-state index in [9.17, 15) is 5.11 Å². The fourth-order valence-corrected chi connectivity index (χ4v) is 1.75. The maximum absolute atomic E-state index is 9.60. The molecule has 0 aliphatic carbocycles. The Hall–Kier alpha value is 0.270. The lowest BCUT2D eigenvalue weighted by atomic mass is 10.1. The highest BCUT2D eigenvalue weighted by molar-refractivity contribution is 7.99. The molecule has 2 atom stereocenters. The molecular weight excluding hydrogens is 170 g/mol. The molecule has 0 amide bonds. The largest absolute Gasteiger partial charge is 0.391 e. The summed E-state index contributed by atoms with van der Waals surface area (Å²) in [6.45, 7) is 7.17. The van der Waals surface area contributed by atoms with Gasteiger partial charge in [-0.05, 0) is 31.4 Å². The molecule has 0 aromatic heterocycles. The predicted molar refractivity (Wildman–Crippen MR) is 56.8 cm³/mol. The fourth-order valence-electron chi connectivity index (χ4n) is 1.06. The Morgan fingerprint density at radius 1 is 1.42 bits per heavy atom. The van der Waals surface area contributed by atoms with Crippen LogP contribution in [0, 0.1) is 0 Å². The summed E-state index contributed by atoms with van der Waals surface area (Å²) in [6, 6.07) is 0.229. The summed E-state index contributed by atoms with van der Waals surface area (Å²) in [5.41, 5.74) is 0. The van der Waals surface area contributed by atoms with Crippen LogP contribution in [0.1, 0.15) is 27.2 Å². The van der Waals surface area contributed by atoms with Gasteiger partial charge in [0.1, 0.15) is 0 Å². The van der Waals surface area contributed by atoms with E-state index in [0.717, 1.165) is 24.5 Å². The second kappa shape index (κ2) is 7.90. The van der Waals surface area contributed by atoms with Crippen LogP contribution in [0.4, 0.5) is 0 Å². The first-order chi connectivity index (χ1) is 5.72. The lowest BCUT2D eigenvalue weighted by Crippen LogP contribution is -2.37. The molecule has 74 valence electrons. The summed E-state index contributed by atoms with van der Waals surface area (Å²) in [5.74, 6) is 2.20. The third kappa shape index (κ3) is 5.86. The van der Waals surface area contributed by atoms with Crippen molar-refractivity contribution in [2.75, 3.05) is 18.1 Å². The molecule has 0 aliphatic heterocycles. The summed E-state index contributed by atoms with van der Waals surface area (Å²) in [5, 5.41) is 12.8. The highest BCUT2D eigenvalue weighted by atomic mass is 32.2. The van der Waals surface area contributed by atoms with Gasteiger partial charge in [0.15, 0.2) is 0 Å². The van der Waals surface area contributed by atoms with Gasteiger partial charge in [-0.2, -0.15) is 11.8 Å². The molecule has 0 aromatic carbocycles. The molecule has 0 radical (unpaired) electrons. The average molecular weight is 191 g/mol. The molecule has 3 heteroatoms. The summed E-state index contributed by atoms with van der Waals surface area (Å²) < 4.78 is 0. The van der Waals surface area contributed by atoms with Gasteiger partial charge in [-0.15, -0.1) is 0 Å². The van der Waals surface area contributed by atoms with Gasteiger partial charge in [0.05, 0.1) is 6.10 Å². The van der Waals surface area contributed by atoms with E-state index in [1.807, 2.05) is 18.7 Å². The van der Waals surface area contributed by atoms with E-state index in [1.165, 1.54) is 0 Å². The van der Waals surface area contributed by atoms with Crippen molar-refractivity contribution in [3.05, 3.63) is 0 Å². The zero-order valence-corrected chi connectivity index (χ0v) is 9.16. The van der Waals surface area contributed by atoms with Crippen LogP contribution in [0.5, 0.6) is 0 Å². The first-order valence-electron chi connectivity index (χ1n) is 4.71. The summed E-state index contributed by atoms with van der Waals surface area (Å²) in [4.78, 5) is 0. The highest BCUT2D eigenvalue weighted by Crippen LogP contribution is 2.06. The Bertz CT molecular complexity index is 101. The van der Waals surface area contributed by atoms with Crippen molar-refractivity contribution in [2.45, 2.75) is 39.3 Å². The van der Waals surface area contributed by atoms with Crippen LogP contribution in [-0.4, -0.2) is 35.3 Å². The average Bonchev–Trinajstić information content (AvgIpc) is 2.05. The minimum Gasteiger partial charge on any atom is -0.391 e. The van der Waals surface area contributed by atoms with Crippen LogP contribution < -0.4 is 5.32 Å². The lowest BCUT2D eigenvalue weighted by Gasteiger charge is -2.18. The number of aliphatic hydroxyl groups excluding tert-OH is 1. The molecule has 0 heterocycles. The third-order valence-corrected chi connectivity index (χ3v) is 2.80. The normalized spacial score (nSPS) is 16.0. The van der Waals surface area contributed by atoms with E-state index in [4.69, 9.17) is 0 Å². The first kappa shape index (κ1) is 12.3. The zero-order chi connectivity index (χ0) is 9.40. The van der Waals surface area contributed by atoms with Crippen molar-refractivity contribution in [3.63, 3.8) is 0 Å². The van der Waals surface area contributed by atoms with E-state index in [2.05, 4.69) is 19.2 Å². The number of hydrogen-bond acceptors (Lipinski definition) is 3. The van der Waals surface area contributed by atoms with Crippen molar-refractivity contribution in [1.29, 1.82) is 0 Å². The predicted octanol–water partition coefficient (Wildman–Crippen LogP) is 1.49. The van der Waals surface area contributed by atoms with Gasteiger partial charge in [0, 0.05) is 6.04 Å². The molecular formula is C9H21NOS. The second-order valence-electron chi connectivity index (χ2n) is 2.90. The van der Waals surface area contributed by atoms with E-state index in [-0.39, 0.29) is 12.1 Å². The van der Waals surface area contributed by atoms with E-state index in [0.29, 0.717) is 0 Å². The molecule has 0 spiro atoms. The minimum absolute atomic E-state index is 0.191. The molecule has 0 bridgehead atoms. The van der Waals surface area contributed by atoms with Crippen LogP contribution >= 0.6 is 11.8 Å². The van der Waals surface area contributed by atoms with E-state index in [1.54, 1.807) is 0 Å². The molecule has 0 saturated heterocycles. The number of hydrogen-bond donors (Lipinski definition) is 2. The Balaban J connectivity index is 3.35. The number of likely N-dealkylation sites (N-methyl/N-ethyl adjacent to an activating group) is 1. The van der Waals surface area contributed by atoms with Crippen LogP contribution in [0.15, 0.2) is 0 Å². The van der Waals surface area contributed by atoms with Gasteiger partial charge in [-0.3, -0.25) is 0 Å². The van der Waals surface area contributed by atoms with Crippen LogP contribution in [0.2, 0.25) is 0 Å². The van der Waals surface area contributed by atoms with E-state index >= 15 is 0 Å². The molecule has 0 rings (SSSR count). The number of nitrogens with one attached hydrogen (secondary N) is 1. The lowest BCUT2D eigenvalue weighted by molar-refractivity contribution is 0.132. The van der Waals surface area contributed by atoms with Gasteiger partial charge < -0.3 is 10.4 Å². The standard InChI is InChI=1S/C9H21NOS/c1-4-10-8(3)9(11)6-7-12-5-2/h8-11H,4-7H2,1-3H3. The van der Waals surface area contributed by atoms with Crippen LogP contribution in [-0.2, 0) is 0 Å². The Kier molecular flexibility index (Phi) is 8.07. The molecule has 0 fully saturated rings. The van der Waals surface area contributed by atoms with Gasteiger partial charge in [0.2, 0.25) is 0 Å². The fraction of sp³-hybridized carbons (Fsp3) is 1.00. The summed E-state index contributed by atoms with van der Waals surface area (Å²) in [7, 11) is 0. The maximum atomic E-state index is 9.60. The van der Waals surface area contributed by atoms with Crippen LogP contribution in [0.25, 0.3) is 0 Å². The Labute approximate surface area is 80.1 Å². The van der Waals surface area contributed by atoms with Gasteiger partial charge >= 0.3 is 0 Å². The third-order valence-electron chi connectivity index (χ3n) is 1.87. The molecule has 2 unspecified atom stereocenters. The van der Waals surface area contributed by atoms with Crippen molar-refractivity contribution in [2.24, 2.45) is 0 Å². The smallest absolute Gasteiger partial charge is 0.0698 e. The minimum atomic E-state index is -0.191. The second-order valence-corrected chi connectivity index (χ2v) is 4.29. The maximum Gasteiger partial charge on any atom is 0.0698 e.